The van der Waals surface area contributed by atoms with Crippen LogP contribution in [0.4, 0.5) is 0 Å². The summed E-state index contributed by atoms with van der Waals surface area (Å²) in [5.41, 5.74) is 1.46. The molecule has 1 aliphatic heterocycles. The fourth-order valence-corrected chi connectivity index (χ4v) is 4.13. The van der Waals surface area contributed by atoms with E-state index >= 15 is 0 Å². The van der Waals surface area contributed by atoms with E-state index in [1.807, 2.05) is 11.3 Å². The van der Waals surface area contributed by atoms with Crippen LogP contribution < -0.4 is 5.32 Å². The van der Waals surface area contributed by atoms with Crippen LogP contribution in [-0.4, -0.2) is 24.8 Å². The molecular formula is C17H23NOS. The lowest BCUT2D eigenvalue weighted by molar-refractivity contribution is 0.0325. The van der Waals surface area contributed by atoms with Crippen molar-refractivity contribution in [1.29, 1.82) is 0 Å². The van der Waals surface area contributed by atoms with Crippen LogP contribution >= 0.6 is 11.3 Å². The van der Waals surface area contributed by atoms with E-state index in [1.54, 1.807) is 0 Å². The summed E-state index contributed by atoms with van der Waals surface area (Å²) in [6.07, 6.45) is 4.22. The van der Waals surface area contributed by atoms with Crippen LogP contribution in [0.2, 0.25) is 0 Å². The van der Waals surface area contributed by atoms with E-state index in [4.69, 9.17) is 4.74 Å². The average molecular weight is 289 g/mol. The first-order chi connectivity index (χ1) is 9.78. The number of benzene rings is 1. The average Bonchev–Trinajstić information content (AvgIpc) is 3.05. The summed E-state index contributed by atoms with van der Waals surface area (Å²) in [5, 5.41) is 7.35. The minimum atomic E-state index is 0.364. The van der Waals surface area contributed by atoms with Crippen molar-refractivity contribution in [1.82, 2.24) is 5.32 Å². The number of hydrogen-bond acceptors (Lipinski definition) is 3. The molecule has 0 saturated carbocycles. The third kappa shape index (κ3) is 2.90. The van der Waals surface area contributed by atoms with Gasteiger partial charge in [-0.2, -0.15) is 0 Å². The summed E-state index contributed by atoms with van der Waals surface area (Å²) >= 11 is 1.85. The smallest absolute Gasteiger partial charge is 0.0735 e. The van der Waals surface area contributed by atoms with Gasteiger partial charge in [-0.25, -0.2) is 0 Å². The van der Waals surface area contributed by atoms with E-state index in [-0.39, 0.29) is 0 Å². The van der Waals surface area contributed by atoms with Crippen molar-refractivity contribution in [3.63, 3.8) is 0 Å². The molecule has 1 aromatic heterocycles. The maximum atomic E-state index is 6.08. The Balaban J connectivity index is 1.79. The van der Waals surface area contributed by atoms with Crippen molar-refractivity contribution in [2.75, 3.05) is 6.54 Å². The largest absolute Gasteiger partial charge is 0.374 e. The molecule has 0 radical (unpaired) electrons. The van der Waals surface area contributed by atoms with Crippen LogP contribution in [0.25, 0.3) is 10.1 Å². The zero-order valence-corrected chi connectivity index (χ0v) is 13.1. The van der Waals surface area contributed by atoms with Gasteiger partial charge in [0.15, 0.2) is 0 Å². The van der Waals surface area contributed by atoms with Crippen molar-refractivity contribution in [2.45, 2.75) is 51.4 Å². The van der Waals surface area contributed by atoms with Crippen LogP contribution in [0.3, 0.4) is 0 Å². The molecule has 0 amide bonds. The normalized spacial score (nSPS) is 24.3. The highest BCUT2D eigenvalue weighted by atomic mass is 32.1. The monoisotopic (exact) mass is 289 g/mol. The summed E-state index contributed by atoms with van der Waals surface area (Å²) in [6.45, 7) is 5.36. The summed E-state index contributed by atoms with van der Waals surface area (Å²) < 4.78 is 7.47. The Morgan fingerprint density at radius 3 is 2.95 bits per heavy atom. The Labute approximate surface area is 125 Å². The molecule has 2 heterocycles. The molecule has 0 aliphatic carbocycles. The molecule has 0 bridgehead atoms. The Bertz CT molecular complexity index is 565. The van der Waals surface area contributed by atoms with Crippen LogP contribution in [0.1, 0.15) is 32.3 Å². The lowest BCUT2D eigenvalue weighted by atomic mass is 9.99. The first-order valence-electron chi connectivity index (χ1n) is 7.62. The Hall–Kier alpha value is -0.900. The van der Waals surface area contributed by atoms with Crippen molar-refractivity contribution in [3.05, 3.63) is 35.2 Å². The minimum absolute atomic E-state index is 0.364. The van der Waals surface area contributed by atoms with Gasteiger partial charge in [-0.3, -0.25) is 0 Å². The number of hydrogen-bond donors (Lipinski definition) is 1. The molecule has 1 aliphatic rings. The van der Waals surface area contributed by atoms with Crippen molar-refractivity contribution < 1.29 is 4.74 Å². The third-order valence-electron chi connectivity index (χ3n) is 4.18. The van der Waals surface area contributed by atoms with Gasteiger partial charge in [0.05, 0.1) is 12.2 Å². The van der Waals surface area contributed by atoms with Crippen molar-refractivity contribution in [2.24, 2.45) is 0 Å². The summed E-state index contributed by atoms with van der Waals surface area (Å²) in [7, 11) is 0. The van der Waals surface area contributed by atoms with Crippen molar-refractivity contribution in [3.8, 4) is 0 Å². The number of fused-ring (bicyclic) bond motifs is 1. The molecule has 1 saturated heterocycles. The molecule has 0 spiro atoms. The van der Waals surface area contributed by atoms with E-state index in [2.05, 4.69) is 48.8 Å². The summed E-state index contributed by atoms with van der Waals surface area (Å²) in [4.78, 5) is 0. The quantitative estimate of drug-likeness (QED) is 0.898. The van der Waals surface area contributed by atoms with Crippen LogP contribution in [0, 0.1) is 0 Å². The maximum Gasteiger partial charge on any atom is 0.0735 e. The zero-order chi connectivity index (χ0) is 13.9. The lowest BCUT2D eigenvalue weighted by Gasteiger charge is -2.24. The number of likely N-dealkylation sites (N-methyl/N-ethyl adjacent to an activating group) is 1. The van der Waals surface area contributed by atoms with Gasteiger partial charge in [-0.05, 0) is 55.1 Å². The van der Waals surface area contributed by atoms with Crippen LogP contribution in [0.5, 0.6) is 0 Å². The third-order valence-corrected chi connectivity index (χ3v) is 5.19. The molecule has 1 N–H and O–H groups in total. The molecule has 2 aromatic rings. The highest BCUT2D eigenvalue weighted by molar-refractivity contribution is 7.17. The van der Waals surface area contributed by atoms with Gasteiger partial charge in [-0.15, -0.1) is 11.3 Å². The van der Waals surface area contributed by atoms with Gasteiger partial charge in [0, 0.05) is 10.7 Å². The SMILES string of the molecule is CCNC(Cc1csc2ccccc12)C1CCC(C)O1. The number of rotatable bonds is 5. The Morgan fingerprint density at radius 1 is 1.35 bits per heavy atom. The molecule has 2 nitrogen and oxygen atoms in total. The van der Waals surface area contributed by atoms with Crippen LogP contribution in [-0.2, 0) is 11.2 Å². The van der Waals surface area contributed by atoms with Gasteiger partial charge in [0.25, 0.3) is 0 Å². The second-order valence-electron chi connectivity index (χ2n) is 5.69. The highest BCUT2D eigenvalue weighted by Crippen LogP contribution is 2.29. The van der Waals surface area contributed by atoms with Gasteiger partial charge < -0.3 is 10.1 Å². The van der Waals surface area contributed by atoms with Gasteiger partial charge in [0.2, 0.25) is 0 Å². The first-order valence-corrected chi connectivity index (χ1v) is 8.50. The first kappa shape index (κ1) is 14.1. The fraction of sp³-hybridized carbons (Fsp3) is 0.529. The maximum absolute atomic E-state index is 6.08. The van der Waals surface area contributed by atoms with Crippen LogP contribution in [0.15, 0.2) is 29.6 Å². The number of ether oxygens (including phenoxy) is 1. The van der Waals surface area contributed by atoms with E-state index in [0.29, 0.717) is 18.2 Å². The standard InChI is InChI=1S/C17H23NOS/c1-3-18-15(16-9-8-12(2)19-16)10-13-11-20-17-7-5-4-6-14(13)17/h4-7,11-12,15-16,18H,3,8-10H2,1-2H3. The minimum Gasteiger partial charge on any atom is -0.374 e. The molecule has 3 atom stereocenters. The predicted octanol–water partition coefficient (Wildman–Crippen LogP) is 3.99. The van der Waals surface area contributed by atoms with E-state index in [0.717, 1.165) is 13.0 Å². The molecule has 3 unspecified atom stereocenters. The number of nitrogens with one attached hydrogen (secondary N) is 1. The highest BCUT2D eigenvalue weighted by Gasteiger charge is 2.29. The van der Waals surface area contributed by atoms with Gasteiger partial charge in [-0.1, -0.05) is 25.1 Å². The van der Waals surface area contributed by atoms with Crippen molar-refractivity contribution >= 4 is 21.4 Å². The van der Waals surface area contributed by atoms with E-state index in [9.17, 15) is 0 Å². The molecule has 3 rings (SSSR count). The lowest BCUT2D eigenvalue weighted by Crippen LogP contribution is -2.41. The Kier molecular flexibility index (Phi) is 4.39. The second kappa shape index (κ2) is 6.25. The number of thiophene rings is 1. The summed E-state index contributed by atoms with van der Waals surface area (Å²) in [5.74, 6) is 0. The van der Waals surface area contributed by atoms with Gasteiger partial charge in [0.1, 0.15) is 0 Å². The topological polar surface area (TPSA) is 21.3 Å². The Morgan fingerprint density at radius 2 is 2.20 bits per heavy atom. The fourth-order valence-electron chi connectivity index (χ4n) is 3.15. The molecule has 1 fully saturated rings. The summed E-state index contributed by atoms with van der Waals surface area (Å²) in [6, 6.07) is 9.13. The molecule has 1 aromatic carbocycles. The molecular weight excluding hydrogens is 266 g/mol. The zero-order valence-electron chi connectivity index (χ0n) is 12.3. The van der Waals surface area contributed by atoms with Gasteiger partial charge >= 0.3 is 0 Å². The predicted molar refractivity (Wildman–Crippen MR) is 86.6 cm³/mol. The van der Waals surface area contributed by atoms with E-state index in [1.165, 1.54) is 28.5 Å². The molecule has 20 heavy (non-hydrogen) atoms. The second-order valence-corrected chi connectivity index (χ2v) is 6.60. The van der Waals surface area contributed by atoms with E-state index < -0.39 is 0 Å². The molecule has 108 valence electrons. The molecule has 3 heteroatoms.